The Morgan fingerprint density at radius 3 is 2.82 bits per heavy atom. The van der Waals surface area contributed by atoms with Crippen molar-refractivity contribution in [2.24, 2.45) is 5.73 Å². The van der Waals surface area contributed by atoms with Gasteiger partial charge in [0.1, 0.15) is 0 Å². The molecular weight excluding hydrogens is 212 g/mol. The Morgan fingerprint density at radius 2 is 2.12 bits per heavy atom. The number of nitrogens with zero attached hydrogens (tertiary/aromatic N) is 3. The Kier molecular flexibility index (Phi) is 3.35. The molecular formula is C13H16N4. The van der Waals surface area contributed by atoms with Crippen LogP contribution in [0.25, 0.3) is 0 Å². The maximum absolute atomic E-state index is 5.56. The fourth-order valence-corrected chi connectivity index (χ4v) is 1.62. The number of nitrogens with two attached hydrogens (primary N) is 1. The Bertz CT molecular complexity index is 510. The van der Waals surface area contributed by atoms with E-state index in [1.54, 1.807) is 12.4 Å². The van der Waals surface area contributed by atoms with E-state index < -0.39 is 0 Å². The first-order valence-electron chi connectivity index (χ1n) is 5.52. The fraction of sp³-hybridized carbons (Fsp3) is 0.231. The summed E-state index contributed by atoms with van der Waals surface area (Å²) in [6.45, 7) is 2.47. The van der Waals surface area contributed by atoms with Gasteiger partial charge in [-0.3, -0.25) is 4.98 Å². The molecule has 0 atom stereocenters. The number of benzene rings is 1. The Morgan fingerprint density at radius 1 is 1.29 bits per heavy atom. The van der Waals surface area contributed by atoms with Crippen molar-refractivity contribution in [1.29, 1.82) is 0 Å². The van der Waals surface area contributed by atoms with E-state index in [2.05, 4.69) is 29.0 Å². The van der Waals surface area contributed by atoms with Crippen LogP contribution in [-0.4, -0.2) is 17.0 Å². The minimum atomic E-state index is 0.405. The molecule has 0 radical (unpaired) electrons. The van der Waals surface area contributed by atoms with E-state index in [-0.39, 0.29) is 0 Å². The average molecular weight is 228 g/mol. The molecule has 0 saturated carbocycles. The highest BCUT2D eigenvalue weighted by atomic mass is 15.2. The normalized spacial score (nSPS) is 10.3. The van der Waals surface area contributed by atoms with Gasteiger partial charge in [-0.25, -0.2) is 4.98 Å². The molecule has 0 aliphatic rings. The molecule has 4 heteroatoms. The van der Waals surface area contributed by atoms with E-state index >= 15 is 0 Å². The molecule has 17 heavy (non-hydrogen) atoms. The highest BCUT2D eigenvalue weighted by molar-refractivity contribution is 5.59. The number of rotatable bonds is 3. The summed E-state index contributed by atoms with van der Waals surface area (Å²) in [7, 11) is 1.97. The van der Waals surface area contributed by atoms with Crippen molar-refractivity contribution < 1.29 is 0 Å². The lowest BCUT2D eigenvalue weighted by atomic mass is 10.2. The molecule has 2 rings (SSSR count). The second-order valence-electron chi connectivity index (χ2n) is 3.97. The van der Waals surface area contributed by atoms with Crippen molar-refractivity contribution in [3.05, 3.63) is 47.9 Å². The lowest BCUT2D eigenvalue weighted by Gasteiger charge is -2.18. The number of hydrogen-bond acceptors (Lipinski definition) is 4. The second-order valence-corrected chi connectivity index (χ2v) is 3.97. The van der Waals surface area contributed by atoms with E-state index in [0.717, 1.165) is 17.2 Å². The van der Waals surface area contributed by atoms with Gasteiger partial charge in [-0.05, 0) is 24.6 Å². The van der Waals surface area contributed by atoms with E-state index in [1.807, 2.05) is 24.1 Å². The molecule has 1 aromatic carbocycles. The third kappa shape index (κ3) is 2.60. The van der Waals surface area contributed by atoms with Crippen molar-refractivity contribution in [2.75, 3.05) is 11.9 Å². The molecule has 1 aromatic heterocycles. The number of hydrogen-bond donors (Lipinski definition) is 1. The highest BCUT2D eigenvalue weighted by Gasteiger charge is 2.06. The molecule has 0 bridgehead atoms. The zero-order chi connectivity index (χ0) is 12.3. The molecule has 0 fully saturated rings. The smallest absolute Gasteiger partial charge is 0.151 e. The maximum Gasteiger partial charge on any atom is 0.151 e. The molecule has 0 spiro atoms. The summed E-state index contributed by atoms with van der Waals surface area (Å²) in [4.78, 5) is 10.6. The minimum Gasteiger partial charge on any atom is -0.328 e. The lowest BCUT2D eigenvalue weighted by Crippen LogP contribution is -2.13. The van der Waals surface area contributed by atoms with Gasteiger partial charge in [-0.15, -0.1) is 0 Å². The highest BCUT2D eigenvalue weighted by Crippen LogP contribution is 2.21. The van der Waals surface area contributed by atoms with Crippen LogP contribution in [0.5, 0.6) is 0 Å². The van der Waals surface area contributed by atoms with E-state index in [9.17, 15) is 0 Å². The van der Waals surface area contributed by atoms with Crippen LogP contribution in [0.15, 0.2) is 36.7 Å². The molecule has 0 aliphatic heterocycles. The number of aromatic nitrogens is 2. The van der Waals surface area contributed by atoms with Crippen LogP contribution in [0.3, 0.4) is 0 Å². The van der Waals surface area contributed by atoms with E-state index in [4.69, 9.17) is 5.73 Å². The van der Waals surface area contributed by atoms with Gasteiger partial charge >= 0.3 is 0 Å². The Hall–Kier alpha value is -1.94. The zero-order valence-electron chi connectivity index (χ0n) is 10.1. The fourth-order valence-electron chi connectivity index (χ4n) is 1.62. The standard InChI is InChI=1S/C13H16N4/c1-10-4-3-5-12(6-10)17(2)13-9-15-8-11(7-14)16-13/h3-6,8-9H,7,14H2,1-2H3. The molecule has 0 saturated heterocycles. The monoisotopic (exact) mass is 228 g/mol. The van der Waals surface area contributed by atoms with Crippen molar-refractivity contribution in [3.8, 4) is 0 Å². The van der Waals surface area contributed by atoms with Gasteiger partial charge in [0.25, 0.3) is 0 Å². The van der Waals surface area contributed by atoms with Crippen LogP contribution >= 0.6 is 0 Å². The van der Waals surface area contributed by atoms with Gasteiger partial charge in [0, 0.05) is 25.5 Å². The topological polar surface area (TPSA) is 55.0 Å². The van der Waals surface area contributed by atoms with Crippen molar-refractivity contribution in [2.45, 2.75) is 13.5 Å². The predicted molar refractivity (Wildman–Crippen MR) is 69.2 cm³/mol. The Balaban J connectivity index is 2.33. The van der Waals surface area contributed by atoms with Crippen LogP contribution in [0.2, 0.25) is 0 Å². The SMILES string of the molecule is Cc1cccc(N(C)c2cncc(CN)n2)c1. The van der Waals surface area contributed by atoms with Gasteiger partial charge in [0.2, 0.25) is 0 Å². The van der Waals surface area contributed by atoms with Crippen molar-refractivity contribution >= 4 is 11.5 Å². The summed E-state index contributed by atoms with van der Waals surface area (Å²) in [5.74, 6) is 0.804. The molecule has 4 nitrogen and oxygen atoms in total. The van der Waals surface area contributed by atoms with Gasteiger partial charge in [-0.2, -0.15) is 0 Å². The minimum absolute atomic E-state index is 0.405. The first kappa shape index (κ1) is 11.5. The predicted octanol–water partition coefficient (Wildman–Crippen LogP) is 2.01. The first-order valence-corrected chi connectivity index (χ1v) is 5.52. The van der Waals surface area contributed by atoms with Crippen LogP contribution < -0.4 is 10.6 Å². The van der Waals surface area contributed by atoms with Gasteiger partial charge in [0.05, 0.1) is 11.9 Å². The van der Waals surface area contributed by atoms with Gasteiger partial charge < -0.3 is 10.6 Å². The molecule has 2 aromatic rings. The van der Waals surface area contributed by atoms with E-state index in [1.165, 1.54) is 5.56 Å². The Labute approximate surface area is 101 Å². The third-order valence-electron chi connectivity index (χ3n) is 2.61. The summed E-state index contributed by atoms with van der Waals surface area (Å²) in [5.41, 5.74) is 8.67. The molecule has 0 unspecified atom stereocenters. The van der Waals surface area contributed by atoms with Crippen LogP contribution in [0.1, 0.15) is 11.3 Å². The third-order valence-corrected chi connectivity index (χ3v) is 2.61. The molecule has 1 heterocycles. The molecule has 0 amide bonds. The van der Waals surface area contributed by atoms with Crippen molar-refractivity contribution in [3.63, 3.8) is 0 Å². The van der Waals surface area contributed by atoms with Crippen molar-refractivity contribution in [1.82, 2.24) is 9.97 Å². The van der Waals surface area contributed by atoms with Crippen LogP contribution in [0.4, 0.5) is 11.5 Å². The first-order chi connectivity index (χ1) is 8.20. The number of anilines is 2. The summed E-state index contributed by atoms with van der Waals surface area (Å²) in [6.07, 6.45) is 3.43. The summed E-state index contributed by atoms with van der Waals surface area (Å²) >= 11 is 0. The summed E-state index contributed by atoms with van der Waals surface area (Å²) < 4.78 is 0. The number of aryl methyl sites for hydroxylation is 1. The maximum atomic E-state index is 5.56. The molecule has 0 aliphatic carbocycles. The van der Waals surface area contributed by atoms with E-state index in [0.29, 0.717) is 6.54 Å². The summed E-state index contributed by atoms with van der Waals surface area (Å²) in [6, 6.07) is 8.25. The second kappa shape index (κ2) is 4.93. The molecule has 2 N–H and O–H groups in total. The quantitative estimate of drug-likeness (QED) is 0.873. The lowest BCUT2D eigenvalue weighted by molar-refractivity contribution is 0.946. The average Bonchev–Trinajstić information content (AvgIpc) is 2.38. The van der Waals surface area contributed by atoms with Crippen LogP contribution in [-0.2, 0) is 6.54 Å². The van der Waals surface area contributed by atoms with Gasteiger partial charge in [-0.1, -0.05) is 12.1 Å². The van der Waals surface area contributed by atoms with Crippen LogP contribution in [0, 0.1) is 6.92 Å². The zero-order valence-corrected chi connectivity index (χ0v) is 10.1. The summed E-state index contributed by atoms with van der Waals surface area (Å²) in [5, 5.41) is 0. The largest absolute Gasteiger partial charge is 0.328 e. The van der Waals surface area contributed by atoms with Gasteiger partial charge in [0.15, 0.2) is 5.82 Å². The molecule has 88 valence electrons.